The van der Waals surface area contributed by atoms with Gasteiger partial charge in [-0.1, -0.05) is 85.9 Å². The third-order valence-electron chi connectivity index (χ3n) is 5.97. The molecule has 0 unspecified atom stereocenters. The Morgan fingerprint density at radius 2 is 0.871 bits per heavy atom. The van der Waals surface area contributed by atoms with Crippen LogP contribution in [0.1, 0.15) is 22.5 Å². The fourth-order valence-electron chi connectivity index (χ4n) is 4.70. The van der Waals surface area contributed by atoms with Gasteiger partial charge in [-0.2, -0.15) is 0 Å². The number of benzene rings is 2. The molecule has 3 heterocycles. The van der Waals surface area contributed by atoms with Crippen LogP contribution in [-0.2, 0) is 0 Å². The van der Waals surface area contributed by atoms with Crippen molar-refractivity contribution < 1.29 is 0 Å². The van der Waals surface area contributed by atoms with E-state index in [2.05, 4.69) is 98.0 Å². The minimum absolute atomic E-state index is 1.07. The molecule has 0 saturated heterocycles. The van der Waals surface area contributed by atoms with Crippen molar-refractivity contribution in [2.24, 2.45) is 0 Å². The van der Waals surface area contributed by atoms with E-state index in [1.807, 2.05) is 24.5 Å². The van der Waals surface area contributed by atoms with Crippen LogP contribution in [0.15, 0.2) is 109 Å². The maximum Gasteiger partial charge on any atom is 0.119 e. The molecule has 0 fully saturated rings. The van der Waals surface area contributed by atoms with Crippen LogP contribution >= 0.6 is 0 Å². The molecule has 1 aliphatic rings. The average Bonchev–Trinajstić information content (AvgIpc) is 3.08. The van der Waals surface area contributed by atoms with Crippen LogP contribution in [0.5, 0.6) is 0 Å². The number of pyridine rings is 2. The zero-order valence-corrected chi connectivity index (χ0v) is 18.8. The standard InChI is InChI=1S/C28H24N2Si/c1-31(2)27(23-17-9-11-19-29-23)25(21-13-5-3-6-14-21)26(22-15-7-4-8-16-22)28(31)24-18-10-12-20-30-24/h3-20H,1-2H3. The van der Waals surface area contributed by atoms with Gasteiger partial charge in [0.1, 0.15) is 8.07 Å². The molecular weight excluding hydrogens is 392 g/mol. The molecule has 2 aromatic carbocycles. The topological polar surface area (TPSA) is 25.8 Å². The molecule has 2 nitrogen and oxygen atoms in total. The average molecular weight is 417 g/mol. The Kier molecular flexibility index (Phi) is 4.97. The minimum Gasteiger partial charge on any atom is -0.257 e. The molecule has 150 valence electrons. The summed E-state index contributed by atoms with van der Waals surface area (Å²) in [5.74, 6) is 0. The first kappa shape index (κ1) is 19.4. The molecule has 0 N–H and O–H groups in total. The zero-order chi connectivity index (χ0) is 21.3. The number of hydrogen-bond donors (Lipinski definition) is 0. The Labute approximate surface area is 184 Å². The number of hydrogen-bond acceptors (Lipinski definition) is 2. The number of aromatic nitrogens is 2. The maximum atomic E-state index is 4.82. The second kappa shape index (κ2) is 7.93. The summed E-state index contributed by atoms with van der Waals surface area (Å²) in [5, 5.41) is 2.75. The highest BCUT2D eigenvalue weighted by Gasteiger charge is 2.44. The summed E-state index contributed by atoms with van der Waals surface area (Å²) in [4.78, 5) is 9.64. The van der Waals surface area contributed by atoms with Crippen molar-refractivity contribution in [3.05, 3.63) is 132 Å². The van der Waals surface area contributed by atoms with Crippen molar-refractivity contribution in [2.75, 3.05) is 0 Å². The lowest BCUT2D eigenvalue weighted by Gasteiger charge is -2.25. The second-order valence-electron chi connectivity index (χ2n) is 8.29. The molecule has 31 heavy (non-hydrogen) atoms. The summed E-state index contributed by atoms with van der Waals surface area (Å²) in [5.41, 5.74) is 7.18. The second-order valence-corrected chi connectivity index (χ2v) is 12.5. The van der Waals surface area contributed by atoms with E-state index >= 15 is 0 Å². The number of rotatable bonds is 4. The van der Waals surface area contributed by atoms with Crippen LogP contribution in [-0.4, -0.2) is 18.0 Å². The van der Waals surface area contributed by atoms with Crippen LogP contribution in [0.4, 0.5) is 0 Å². The lowest BCUT2D eigenvalue weighted by Crippen LogP contribution is -2.29. The van der Waals surface area contributed by atoms with Gasteiger partial charge in [-0.25, -0.2) is 0 Å². The Morgan fingerprint density at radius 1 is 0.484 bits per heavy atom. The molecule has 3 heteroatoms. The summed E-state index contributed by atoms with van der Waals surface area (Å²) in [6.45, 7) is 4.86. The largest absolute Gasteiger partial charge is 0.257 e. The zero-order valence-electron chi connectivity index (χ0n) is 17.8. The highest BCUT2D eigenvalue weighted by Crippen LogP contribution is 2.54. The first-order chi connectivity index (χ1) is 15.2. The van der Waals surface area contributed by atoms with E-state index in [9.17, 15) is 0 Å². The molecule has 0 atom stereocenters. The molecule has 0 saturated carbocycles. The third kappa shape index (κ3) is 3.37. The van der Waals surface area contributed by atoms with Crippen LogP contribution < -0.4 is 0 Å². The quantitative estimate of drug-likeness (QED) is 0.342. The minimum atomic E-state index is -2.14. The lowest BCUT2D eigenvalue weighted by molar-refractivity contribution is 1.28. The third-order valence-corrected chi connectivity index (χ3v) is 9.48. The van der Waals surface area contributed by atoms with Gasteiger partial charge in [0.2, 0.25) is 0 Å². The SMILES string of the molecule is C[Si]1(C)C(c2ccccn2)=C(c2ccccc2)C(c2ccccc2)=C1c1ccccn1. The molecule has 0 bridgehead atoms. The summed E-state index contributed by atoms with van der Waals surface area (Å²) in [6, 6.07) is 33.9. The van der Waals surface area contributed by atoms with Gasteiger partial charge in [0.25, 0.3) is 0 Å². The predicted molar refractivity (Wildman–Crippen MR) is 132 cm³/mol. The fourth-order valence-corrected chi connectivity index (χ4v) is 8.32. The molecule has 4 aromatic rings. The van der Waals surface area contributed by atoms with E-state index in [0.29, 0.717) is 0 Å². The number of nitrogens with zero attached hydrogens (tertiary/aromatic N) is 2. The van der Waals surface area contributed by atoms with Crippen molar-refractivity contribution >= 4 is 29.6 Å². The Bertz CT molecular complexity index is 1160. The van der Waals surface area contributed by atoms with E-state index in [-0.39, 0.29) is 0 Å². The van der Waals surface area contributed by atoms with Gasteiger partial charge in [0.15, 0.2) is 0 Å². The maximum absolute atomic E-state index is 4.82. The molecule has 5 rings (SSSR count). The highest BCUT2D eigenvalue weighted by molar-refractivity contribution is 7.13. The van der Waals surface area contributed by atoms with E-state index in [1.54, 1.807) is 0 Å². The Morgan fingerprint density at radius 3 is 1.23 bits per heavy atom. The first-order valence-corrected chi connectivity index (χ1v) is 13.6. The highest BCUT2D eigenvalue weighted by atomic mass is 28.3. The van der Waals surface area contributed by atoms with E-state index in [0.717, 1.165) is 11.4 Å². The molecule has 0 spiro atoms. The van der Waals surface area contributed by atoms with Gasteiger partial charge in [-0.05, 0) is 56.9 Å². The van der Waals surface area contributed by atoms with Gasteiger partial charge in [0, 0.05) is 12.4 Å². The predicted octanol–water partition coefficient (Wildman–Crippen LogP) is 6.80. The molecule has 1 aliphatic heterocycles. The van der Waals surface area contributed by atoms with Crippen LogP contribution in [0.3, 0.4) is 0 Å². The van der Waals surface area contributed by atoms with E-state index < -0.39 is 8.07 Å². The van der Waals surface area contributed by atoms with Crippen molar-refractivity contribution in [1.82, 2.24) is 9.97 Å². The van der Waals surface area contributed by atoms with Gasteiger partial charge in [-0.15, -0.1) is 0 Å². The van der Waals surface area contributed by atoms with Crippen LogP contribution in [0, 0.1) is 0 Å². The number of allylic oxidation sites excluding steroid dienone is 2. The summed E-state index contributed by atoms with van der Waals surface area (Å²) < 4.78 is 0. The Hall–Kier alpha value is -3.56. The van der Waals surface area contributed by atoms with E-state index in [1.165, 1.54) is 32.7 Å². The van der Waals surface area contributed by atoms with Crippen molar-refractivity contribution in [3.8, 4) is 0 Å². The fraction of sp³-hybridized carbons (Fsp3) is 0.0714. The summed E-state index contributed by atoms with van der Waals surface area (Å²) in [7, 11) is -2.14. The van der Waals surface area contributed by atoms with Crippen LogP contribution in [0.25, 0.3) is 21.5 Å². The van der Waals surface area contributed by atoms with Crippen molar-refractivity contribution in [2.45, 2.75) is 13.1 Å². The normalized spacial score (nSPS) is 15.4. The molecule has 0 radical (unpaired) electrons. The van der Waals surface area contributed by atoms with Gasteiger partial charge >= 0.3 is 0 Å². The first-order valence-electron chi connectivity index (χ1n) is 10.6. The summed E-state index contributed by atoms with van der Waals surface area (Å²) in [6.07, 6.45) is 3.80. The molecular formula is C28H24N2Si. The monoisotopic (exact) mass is 416 g/mol. The van der Waals surface area contributed by atoms with Gasteiger partial charge < -0.3 is 0 Å². The Balaban J connectivity index is 1.92. The van der Waals surface area contributed by atoms with Gasteiger partial charge in [0.05, 0.1) is 11.4 Å². The summed E-state index contributed by atoms with van der Waals surface area (Å²) >= 11 is 0. The van der Waals surface area contributed by atoms with Crippen molar-refractivity contribution in [3.63, 3.8) is 0 Å². The van der Waals surface area contributed by atoms with Gasteiger partial charge in [-0.3, -0.25) is 9.97 Å². The smallest absolute Gasteiger partial charge is 0.119 e. The molecule has 2 aromatic heterocycles. The molecule has 0 amide bonds. The molecule has 0 aliphatic carbocycles. The van der Waals surface area contributed by atoms with Crippen LogP contribution in [0.2, 0.25) is 13.1 Å². The van der Waals surface area contributed by atoms with E-state index in [4.69, 9.17) is 9.97 Å². The van der Waals surface area contributed by atoms with Crippen molar-refractivity contribution in [1.29, 1.82) is 0 Å². The lowest BCUT2D eigenvalue weighted by atomic mass is 9.90.